The highest BCUT2D eigenvalue weighted by Crippen LogP contribution is 2.31. The van der Waals surface area contributed by atoms with Crippen molar-refractivity contribution >= 4 is 27.7 Å². The molecule has 2 heterocycles. The third kappa shape index (κ3) is 3.45. The van der Waals surface area contributed by atoms with Gasteiger partial charge in [-0.1, -0.05) is 52.0 Å². The number of benzene rings is 2. The summed E-state index contributed by atoms with van der Waals surface area (Å²) in [6.45, 7) is 0. The lowest BCUT2D eigenvalue weighted by Crippen LogP contribution is -2.02. The predicted octanol–water partition coefficient (Wildman–Crippen LogP) is 5.72. The lowest BCUT2D eigenvalue weighted by atomic mass is 10.2. The first-order valence-corrected chi connectivity index (χ1v) is 9.61. The molecular formula is C19H13BrFN3OS. The van der Waals surface area contributed by atoms with E-state index >= 15 is 0 Å². The molecule has 0 fully saturated rings. The van der Waals surface area contributed by atoms with Crippen molar-refractivity contribution in [3.63, 3.8) is 0 Å². The zero-order valence-electron chi connectivity index (χ0n) is 13.5. The quantitative estimate of drug-likeness (QED) is 0.380. The summed E-state index contributed by atoms with van der Waals surface area (Å²) in [6, 6.07) is 18.2. The fourth-order valence-electron chi connectivity index (χ4n) is 2.51. The van der Waals surface area contributed by atoms with Gasteiger partial charge >= 0.3 is 0 Å². The maximum atomic E-state index is 14.4. The third-order valence-electron chi connectivity index (χ3n) is 3.75. The van der Waals surface area contributed by atoms with Crippen molar-refractivity contribution in [1.82, 2.24) is 14.8 Å². The highest BCUT2D eigenvalue weighted by molar-refractivity contribution is 9.10. The molecule has 130 valence electrons. The van der Waals surface area contributed by atoms with Crippen molar-refractivity contribution in [3.8, 4) is 17.3 Å². The van der Waals surface area contributed by atoms with Crippen LogP contribution in [0.1, 0.15) is 5.56 Å². The van der Waals surface area contributed by atoms with Crippen LogP contribution in [0.5, 0.6) is 0 Å². The second-order valence-corrected chi connectivity index (χ2v) is 7.34. The van der Waals surface area contributed by atoms with Gasteiger partial charge < -0.3 is 4.42 Å². The van der Waals surface area contributed by atoms with E-state index in [0.717, 1.165) is 10.0 Å². The minimum absolute atomic E-state index is 0.342. The van der Waals surface area contributed by atoms with E-state index in [4.69, 9.17) is 4.42 Å². The molecule has 0 amide bonds. The summed E-state index contributed by atoms with van der Waals surface area (Å²) in [7, 11) is 0. The van der Waals surface area contributed by atoms with Crippen LogP contribution in [-0.4, -0.2) is 14.8 Å². The minimum atomic E-state index is -0.342. The standard InChI is InChI=1S/C19H13BrFN3OS/c20-14-9-7-13(8-10-14)12-26-19-23-22-18(17-6-3-11-25-17)24(19)16-5-2-1-4-15(16)21/h1-11H,12H2. The molecular weight excluding hydrogens is 417 g/mol. The number of halogens is 2. The van der Waals surface area contributed by atoms with E-state index in [0.29, 0.717) is 28.2 Å². The predicted molar refractivity (Wildman–Crippen MR) is 103 cm³/mol. The molecule has 0 aliphatic heterocycles. The fraction of sp³-hybridized carbons (Fsp3) is 0.0526. The number of aromatic nitrogens is 3. The zero-order chi connectivity index (χ0) is 17.9. The number of thioether (sulfide) groups is 1. The van der Waals surface area contributed by atoms with Crippen molar-refractivity contribution in [2.24, 2.45) is 0 Å². The Hall–Kier alpha value is -2.38. The summed E-state index contributed by atoms with van der Waals surface area (Å²) in [5.74, 6) is 1.36. The van der Waals surface area contributed by atoms with Gasteiger partial charge in [0.25, 0.3) is 0 Å². The van der Waals surface area contributed by atoms with Gasteiger partial charge in [0, 0.05) is 10.2 Å². The summed E-state index contributed by atoms with van der Waals surface area (Å²) in [5, 5.41) is 9.09. The highest BCUT2D eigenvalue weighted by Gasteiger charge is 2.20. The Morgan fingerprint density at radius 1 is 1.00 bits per heavy atom. The fourth-order valence-corrected chi connectivity index (χ4v) is 3.67. The Labute approximate surface area is 162 Å². The Kier molecular flexibility index (Phi) is 4.90. The van der Waals surface area contributed by atoms with Crippen molar-refractivity contribution in [2.75, 3.05) is 0 Å². The maximum absolute atomic E-state index is 14.4. The van der Waals surface area contributed by atoms with Gasteiger partial charge in [-0.25, -0.2) is 4.39 Å². The lowest BCUT2D eigenvalue weighted by molar-refractivity contribution is 0.572. The molecule has 0 atom stereocenters. The smallest absolute Gasteiger partial charge is 0.205 e. The van der Waals surface area contributed by atoms with E-state index in [-0.39, 0.29) is 5.82 Å². The largest absolute Gasteiger partial charge is 0.461 e. The SMILES string of the molecule is Fc1ccccc1-n1c(SCc2ccc(Br)cc2)nnc1-c1ccco1. The van der Waals surface area contributed by atoms with Crippen molar-refractivity contribution < 1.29 is 8.81 Å². The molecule has 7 heteroatoms. The van der Waals surface area contributed by atoms with E-state index in [9.17, 15) is 4.39 Å². The van der Waals surface area contributed by atoms with Crippen LogP contribution in [0.15, 0.2) is 81.0 Å². The van der Waals surface area contributed by atoms with Crippen LogP contribution in [0, 0.1) is 5.82 Å². The van der Waals surface area contributed by atoms with Gasteiger partial charge in [-0.15, -0.1) is 10.2 Å². The van der Waals surface area contributed by atoms with Gasteiger partial charge in [0.1, 0.15) is 5.82 Å². The van der Waals surface area contributed by atoms with E-state index < -0.39 is 0 Å². The molecule has 0 radical (unpaired) electrons. The average molecular weight is 430 g/mol. The molecule has 4 aromatic rings. The van der Waals surface area contributed by atoms with Crippen LogP contribution >= 0.6 is 27.7 Å². The first-order valence-electron chi connectivity index (χ1n) is 7.84. The van der Waals surface area contributed by atoms with Crippen LogP contribution in [0.3, 0.4) is 0 Å². The number of rotatable bonds is 5. The average Bonchev–Trinajstić information content (AvgIpc) is 3.31. The van der Waals surface area contributed by atoms with Crippen LogP contribution in [-0.2, 0) is 5.75 Å². The van der Waals surface area contributed by atoms with Crippen LogP contribution in [0.4, 0.5) is 4.39 Å². The molecule has 0 unspecified atom stereocenters. The van der Waals surface area contributed by atoms with Crippen molar-refractivity contribution in [3.05, 3.63) is 82.8 Å². The van der Waals surface area contributed by atoms with Crippen LogP contribution in [0.25, 0.3) is 17.3 Å². The normalized spacial score (nSPS) is 11.0. The molecule has 4 nitrogen and oxygen atoms in total. The van der Waals surface area contributed by atoms with E-state index in [1.807, 2.05) is 24.3 Å². The zero-order valence-corrected chi connectivity index (χ0v) is 15.9. The van der Waals surface area contributed by atoms with Gasteiger partial charge in [-0.2, -0.15) is 0 Å². The minimum Gasteiger partial charge on any atom is -0.461 e. The number of para-hydroxylation sites is 1. The molecule has 0 saturated carbocycles. The highest BCUT2D eigenvalue weighted by atomic mass is 79.9. The van der Waals surface area contributed by atoms with Gasteiger partial charge in [0.15, 0.2) is 10.9 Å². The van der Waals surface area contributed by atoms with E-state index in [1.54, 1.807) is 41.2 Å². The number of nitrogens with zero attached hydrogens (tertiary/aromatic N) is 3. The molecule has 0 bridgehead atoms. The molecule has 26 heavy (non-hydrogen) atoms. The Bertz CT molecular complexity index is 1020. The number of furan rings is 1. The summed E-state index contributed by atoms with van der Waals surface area (Å²) in [5.41, 5.74) is 1.53. The van der Waals surface area contributed by atoms with Crippen LogP contribution < -0.4 is 0 Å². The van der Waals surface area contributed by atoms with Gasteiger partial charge in [0.2, 0.25) is 5.82 Å². The summed E-state index contributed by atoms with van der Waals surface area (Å²) < 4.78 is 22.6. The van der Waals surface area contributed by atoms with E-state index in [1.165, 1.54) is 17.8 Å². The third-order valence-corrected chi connectivity index (χ3v) is 5.28. The summed E-state index contributed by atoms with van der Waals surface area (Å²) in [6.07, 6.45) is 1.56. The Balaban J connectivity index is 1.73. The van der Waals surface area contributed by atoms with Gasteiger partial charge in [-0.05, 0) is 42.0 Å². The van der Waals surface area contributed by atoms with E-state index in [2.05, 4.69) is 26.1 Å². The molecule has 0 aliphatic carbocycles. The second-order valence-electron chi connectivity index (χ2n) is 5.49. The summed E-state index contributed by atoms with van der Waals surface area (Å²) in [4.78, 5) is 0. The number of hydrogen-bond acceptors (Lipinski definition) is 4. The first-order chi connectivity index (χ1) is 12.7. The molecule has 2 aromatic carbocycles. The van der Waals surface area contributed by atoms with Gasteiger partial charge in [-0.3, -0.25) is 4.57 Å². The molecule has 0 aliphatic rings. The lowest BCUT2D eigenvalue weighted by Gasteiger charge is -2.10. The molecule has 0 saturated heterocycles. The summed E-state index contributed by atoms with van der Waals surface area (Å²) >= 11 is 4.93. The topological polar surface area (TPSA) is 43.9 Å². The molecule has 2 aromatic heterocycles. The monoisotopic (exact) mass is 429 g/mol. The molecule has 0 spiro atoms. The Morgan fingerprint density at radius 2 is 1.81 bits per heavy atom. The van der Waals surface area contributed by atoms with Crippen LogP contribution in [0.2, 0.25) is 0 Å². The Morgan fingerprint density at radius 3 is 2.54 bits per heavy atom. The van der Waals surface area contributed by atoms with Gasteiger partial charge in [0.05, 0.1) is 12.0 Å². The second kappa shape index (κ2) is 7.47. The molecule has 4 rings (SSSR count). The number of hydrogen-bond donors (Lipinski definition) is 0. The first kappa shape index (κ1) is 17.1. The maximum Gasteiger partial charge on any atom is 0.205 e. The van der Waals surface area contributed by atoms with Crippen molar-refractivity contribution in [2.45, 2.75) is 10.9 Å². The van der Waals surface area contributed by atoms with Crippen molar-refractivity contribution in [1.29, 1.82) is 0 Å². The molecule has 0 N–H and O–H groups in total.